The Bertz CT molecular complexity index is 1110. The average Bonchev–Trinajstić information content (AvgIpc) is 3.15. The number of carbonyl (C=O) groups excluding carboxylic acids is 1. The first kappa shape index (κ1) is 19.4. The first-order chi connectivity index (χ1) is 14.3. The topological polar surface area (TPSA) is 68.5 Å². The molecule has 148 valence electrons. The molecule has 0 aliphatic rings. The molecule has 0 radical (unpaired) electrons. The highest BCUT2D eigenvalue weighted by atomic mass is 32.2. The minimum Gasteiger partial charge on any atom is -0.451 e. The minimum absolute atomic E-state index is 0.0266. The second-order valence-electron chi connectivity index (χ2n) is 6.54. The molecule has 0 unspecified atom stereocenters. The molecule has 0 aliphatic carbocycles. The van der Waals surface area contributed by atoms with Crippen LogP contribution in [-0.4, -0.2) is 46.8 Å². The van der Waals surface area contributed by atoms with E-state index < -0.39 is 0 Å². The lowest BCUT2D eigenvalue weighted by Crippen LogP contribution is -2.34. The third-order valence-corrected chi connectivity index (χ3v) is 5.55. The molecular formula is C22H21N3O3S. The van der Waals surface area contributed by atoms with Crippen LogP contribution in [0.1, 0.15) is 5.56 Å². The van der Waals surface area contributed by atoms with Crippen molar-refractivity contribution in [2.24, 2.45) is 0 Å². The van der Waals surface area contributed by atoms with Crippen molar-refractivity contribution in [1.82, 2.24) is 14.9 Å². The summed E-state index contributed by atoms with van der Waals surface area (Å²) in [5, 5.41) is 1.62. The van der Waals surface area contributed by atoms with E-state index in [1.54, 1.807) is 7.11 Å². The summed E-state index contributed by atoms with van der Waals surface area (Å²) in [6.07, 6.45) is 1.52. The van der Waals surface area contributed by atoms with Crippen LogP contribution in [0.5, 0.6) is 0 Å². The van der Waals surface area contributed by atoms with Crippen LogP contribution in [0.3, 0.4) is 0 Å². The Morgan fingerprint density at radius 3 is 2.72 bits per heavy atom. The Balaban J connectivity index is 1.51. The highest BCUT2D eigenvalue weighted by Gasteiger charge is 2.18. The molecule has 2 aromatic carbocycles. The van der Waals surface area contributed by atoms with Crippen molar-refractivity contribution in [3.05, 3.63) is 66.5 Å². The fourth-order valence-electron chi connectivity index (χ4n) is 3.12. The summed E-state index contributed by atoms with van der Waals surface area (Å²) < 4.78 is 11.1. The standard InChI is InChI=1S/C22H21N3O3S/c1-27-12-11-25(13-16-7-3-2-4-8-16)19(26)14-29-22-21-20(23-15-24-22)17-9-5-6-10-18(17)28-21/h2-10,15H,11-14H2,1H3. The fraction of sp³-hybridized carbons (Fsp3) is 0.227. The molecule has 29 heavy (non-hydrogen) atoms. The number of fused-ring (bicyclic) bond motifs is 3. The molecule has 0 bridgehead atoms. The number of amides is 1. The summed E-state index contributed by atoms with van der Waals surface area (Å²) in [6.45, 7) is 1.58. The summed E-state index contributed by atoms with van der Waals surface area (Å²) in [4.78, 5) is 23.4. The lowest BCUT2D eigenvalue weighted by atomic mass is 10.2. The maximum absolute atomic E-state index is 12.9. The third-order valence-electron chi connectivity index (χ3n) is 4.59. The Kier molecular flexibility index (Phi) is 6.07. The molecule has 0 atom stereocenters. The Morgan fingerprint density at radius 2 is 1.90 bits per heavy atom. The lowest BCUT2D eigenvalue weighted by Gasteiger charge is -2.22. The normalized spacial score (nSPS) is 11.2. The quantitative estimate of drug-likeness (QED) is 0.323. The molecule has 0 fully saturated rings. The summed E-state index contributed by atoms with van der Waals surface area (Å²) in [5.74, 6) is 0.290. The Morgan fingerprint density at radius 1 is 1.10 bits per heavy atom. The van der Waals surface area contributed by atoms with E-state index in [2.05, 4.69) is 9.97 Å². The number of hydrogen-bond acceptors (Lipinski definition) is 6. The van der Waals surface area contributed by atoms with Gasteiger partial charge in [0.05, 0.1) is 12.4 Å². The number of benzene rings is 2. The highest BCUT2D eigenvalue weighted by molar-refractivity contribution is 8.00. The number of nitrogens with zero attached hydrogens (tertiary/aromatic N) is 3. The van der Waals surface area contributed by atoms with E-state index in [0.29, 0.717) is 30.3 Å². The number of ether oxygens (including phenoxy) is 1. The van der Waals surface area contributed by atoms with Gasteiger partial charge in [-0.05, 0) is 17.7 Å². The van der Waals surface area contributed by atoms with Crippen molar-refractivity contribution in [2.75, 3.05) is 26.0 Å². The predicted molar refractivity (Wildman–Crippen MR) is 114 cm³/mol. The number of aromatic nitrogens is 2. The maximum atomic E-state index is 12.9. The van der Waals surface area contributed by atoms with Crippen molar-refractivity contribution in [2.45, 2.75) is 11.6 Å². The second-order valence-corrected chi connectivity index (χ2v) is 7.50. The van der Waals surface area contributed by atoms with Crippen molar-refractivity contribution >= 4 is 39.7 Å². The molecule has 0 aliphatic heterocycles. The van der Waals surface area contributed by atoms with E-state index in [0.717, 1.165) is 22.0 Å². The number of para-hydroxylation sites is 1. The number of methoxy groups -OCH3 is 1. The van der Waals surface area contributed by atoms with Crippen LogP contribution in [0.4, 0.5) is 0 Å². The van der Waals surface area contributed by atoms with E-state index in [-0.39, 0.29) is 11.7 Å². The number of furan rings is 1. The van der Waals surface area contributed by atoms with E-state index in [1.807, 2.05) is 59.5 Å². The summed E-state index contributed by atoms with van der Waals surface area (Å²) in [6, 6.07) is 17.7. The van der Waals surface area contributed by atoms with Crippen LogP contribution in [-0.2, 0) is 16.1 Å². The molecule has 0 N–H and O–H groups in total. The summed E-state index contributed by atoms with van der Waals surface area (Å²) in [7, 11) is 1.64. The van der Waals surface area contributed by atoms with Crippen molar-refractivity contribution < 1.29 is 13.9 Å². The molecule has 2 aromatic heterocycles. The smallest absolute Gasteiger partial charge is 0.233 e. The zero-order chi connectivity index (χ0) is 20.1. The summed E-state index contributed by atoms with van der Waals surface area (Å²) in [5.41, 5.74) is 3.25. The Hall–Kier alpha value is -2.90. The molecule has 0 saturated carbocycles. The maximum Gasteiger partial charge on any atom is 0.233 e. The fourth-order valence-corrected chi connectivity index (χ4v) is 3.96. The van der Waals surface area contributed by atoms with E-state index in [9.17, 15) is 4.79 Å². The highest BCUT2D eigenvalue weighted by Crippen LogP contribution is 2.32. The van der Waals surface area contributed by atoms with Crippen LogP contribution >= 0.6 is 11.8 Å². The largest absolute Gasteiger partial charge is 0.451 e. The van der Waals surface area contributed by atoms with Crippen LogP contribution in [0, 0.1) is 0 Å². The van der Waals surface area contributed by atoms with Gasteiger partial charge in [0.25, 0.3) is 0 Å². The SMILES string of the molecule is COCCN(Cc1ccccc1)C(=O)CSc1ncnc2c1oc1ccccc12. The average molecular weight is 407 g/mol. The molecule has 0 saturated heterocycles. The van der Waals surface area contributed by atoms with E-state index >= 15 is 0 Å². The van der Waals surface area contributed by atoms with Crippen molar-refractivity contribution in [3.63, 3.8) is 0 Å². The van der Waals surface area contributed by atoms with Gasteiger partial charge in [-0.3, -0.25) is 4.79 Å². The van der Waals surface area contributed by atoms with Crippen LogP contribution in [0.25, 0.3) is 22.1 Å². The van der Waals surface area contributed by atoms with Gasteiger partial charge in [-0.1, -0.05) is 54.2 Å². The second kappa shape index (κ2) is 9.07. The van der Waals surface area contributed by atoms with Crippen molar-refractivity contribution in [1.29, 1.82) is 0 Å². The van der Waals surface area contributed by atoms with E-state index in [1.165, 1.54) is 18.1 Å². The summed E-state index contributed by atoms with van der Waals surface area (Å²) >= 11 is 1.37. The first-order valence-electron chi connectivity index (χ1n) is 9.32. The zero-order valence-electron chi connectivity index (χ0n) is 16.1. The van der Waals surface area contributed by atoms with Gasteiger partial charge in [-0.2, -0.15) is 0 Å². The molecular weight excluding hydrogens is 386 g/mol. The van der Waals surface area contributed by atoms with Crippen molar-refractivity contribution in [3.8, 4) is 0 Å². The zero-order valence-corrected chi connectivity index (χ0v) is 16.9. The monoisotopic (exact) mass is 407 g/mol. The first-order valence-corrected chi connectivity index (χ1v) is 10.3. The van der Waals surface area contributed by atoms with Crippen LogP contribution < -0.4 is 0 Å². The van der Waals surface area contributed by atoms with Crippen LogP contribution in [0.2, 0.25) is 0 Å². The molecule has 2 heterocycles. The van der Waals surface area contributed by atoms with Crippen LogP contribution in [0.15, 0.2) is 70.4 Å². The molecule has 6 nitrogen and oxygen atoms in total. The van der Waals surface area contributed by atoms with E-state index in [4.69, 9.17) is 9.15 Å². The van der Waals surface area contributed by atoms with Gasteiger partial charge in [-0.25, -0.2) is 9.97 Å². The molecule has 1 amide bonds. The predicted octanol–water partition coefficient (Wildman–Crippen LogP) is 4.14. The van der Waals surface area contributed by atoms with Gasteiger partial charge in [0.2, 0.25) is 5.91 Å². The Labute approximate surface area is 172 Å². The van der Waals surface area contributed by atoms with Gasteiger partial charge >= 0.3 is 0 Å². The third kappa shape index (κ3) is 4.41. The molecule has 4 rings (SSSR count). The molecule has 0 spiro atoms. The van der Waals surface area contributed by atoms with Gasteiger partial charge in [0.15, 0.2) is 5.58 Å². The van der Waals surface area contributed by atoms with Gasteiger partial charge < -0.3 is 14.1 Å². The lowest BCUT2D eigenvalue weighted by molar-refractivity contribution is -0.129. The number of rotatable bonds is 8. The number of thioether (sulfide) groups is 1. The minimum atomic E-state index is 0.0266. The number of hydrogen-bond donors (Lipinski definition) is 0. The number of carbonyl (C=O) groups is 1. The van der Waals surface area contributed by atoms with Gasteiger partial charge in [-0.15, -0.1) is 0 Å². The molecule has 7 heteroatoms. The van der Waals surface area contributed by atoms with Gasteiger partial charge in [0.1, 0.15) is 22.5 Å². The van der Waals surface area contributed by atoms with Gasteiger partial charge in [0, 0.05) is 25.6 Å². The molecule has 4 aromatic rings.